The van der Waals surface area contributed by atoms with Crippen molar-refractivity contribution in [2.75, 3.05) is 20.3 Å². The van der Waals surface area contributed by atoms with E-state index in [1.54, 1.807) is 7.11 Å². The van der Waals surface area contributed by atoms with Crippen LogP contribution in [-0.4, -0.2) is 32.1 Å². The summed E-state index contributed by atoms with van der Waals surface area (Å²) in [5.41, 5.74) is 3.82. The van der Waals surface area contributed by atoms with Crippen LogP contribution in [0.5, 0.6) is 0 Å². The van der Waals surface area contributed by atoms with Crippen LogP contribution in [0.1, 0.15) is 42.5 Å². The van der Waals surface area contributed by atoms with Gasteiger partial charge in [-0.05, 0) is 49.3 Å². The first kappa shape index (κ1) is 16.5. The largest absolute Gasteiger partial charge is 0.383 e. The minimum Gasteiger partial charge on any atom is -0.383 e. The van der Waals surface area contributed by atoms with Crippen LogP contribution in [0.15, 0.2) is 18.2 Å². The summed E-state index contributed by atoms with van der Waals surface area (Å²) in [5.74, 6) is -1.23. The zero-order valence-electron chi connectivity index (χ0n) is 13.3. The second kappa shape index (κ2) is 7.94. The number of rotatable bonds is 5. The van der Waals surface area contributed by atoms with Crippen molar-refractivity contribution in [2.45, 2.75) is 38.6 Å². The number of carbonyl (C=O) groups excluding carboxylic acids is 2. The van der Waals surface area contributed by atoms with Gasteiger partial charge in [0.25, 0.3) is 0 Å². The third-order valence-electron chi connectivity index (χ3n) is 4.02. The van der Waals surface area contributed by atoms with Crippen LogP contribution in [-0.2, 0) is 27.2 Å². The van der Waals surface area contributed by atoms with E-state index in [2.05, 4.69) is 22.8 Å². The van der Waals surface area contributed by atoms with E-state index in [4.69, 9.17) is 4.74 Å². The van der Waals surface area contributed by atoms with E-state index in [0.717, 1.165) is 18.4 Å². The Kier molecular flexibility index (Phi) is 5.95. The average Bonchev–Trinajstić information content (AvgIpc) is 2.54. The molecule has 5 heteroatoms. The molecule has 120 valence electrons. The molecular formula is C17H24N2O3. The van der Waals surface area contributed by atoms with Gasteiger partial charge < -0.3 is 15.4 Å². The molecule has 2 amide bonds. The van der Waals surface area contributed by atoms with E-state index >= 15 is 0 Å². The predicted molar refractivity (Wildman–Crippen MR) is 84.5 cm³/mol. The van der Waals surface area contributed by atoms with Gasteiger partial charge in [0.2, 0.25) is 0 Å². The first-order chi connectivity index (χ1) is 10.6. The molecule has 0 bridgehead atoms. The van der Waals surface area contributed by atoms with E-state index in [9.17, 15) is 9.59 Å². The maximum absolute atomic E-state index is 11.8. The number of ether oxygens (including phenoxy) is 1. The van der Waals surface area contributed by atoms with Gasteiger partial charge in [0, 0.05) is 13.7 Å². The van der Waals surface area contributed by atoms with Crippen molar-refractivity contribution in [1.29, 1.82) is 0 Å². The number of amides is 2. The highest BCUT2D eigenvalue weighted by Crippen LogP contribution is 2.24. The van der Waals surface area contributed by atoms with E-state index in [1.807, 2.05) is 13.0 Å². The Hall–Kier alpha value is -1.88. The number of methoxy groups -OCH3 is 1. The van der Waals surface area contributed by atoms with Crippen molar-refractivity contribution in [3.63, 3.8) is 0 Å². The van der Waals surface area contributed by atoms with Gasteiger partial charge in [-0.1, -0.05) is 18.2 Å². The number of aryl methyl sites for hydroxylation is 2. The summed E-state index contributed by atoms with van der Waals surface area (Å²) in [5, 5.41) is 5.25. The zero-order chi connectivity index (χ0) is 15.9. The number of hydrogen-bond donors (Lipinski definition) is 2. The Morgan fingerprint density at radius 3 is 2.64 bits per heavy atom. The molecular weight excluding hydrogens is 280 g/mol. The van der Waals surface area contributed by atoms with E-state index in [1.165, 1.54) is 24.0 Å². The quantitative estimate of drug-likeness (QED) is 0.640. The number of hydrogen-bond acceptors (Lipinski definition) is 3. The minimum atomic E-state index is -0.623. The number of benzene rings is 1. The lowest BCUT2D eigenvalue weighted by Crippen LogP contribution is -2.42. The van der Waals surface area contributed by atoms with E-state index in [0.29, 0.717) is 13.2 Å². The Morgan fingerprint density at radius 1 is 1.18 bits per heavy atom. The highest BCUT2D eigenvalue weighted by atomic mass is 16.5. The second-order valence-electron chi connectivity index (χ2n) is 5.68. The van der Waals surface area contributed by atoms with Gasteiger partial charge in [-0.2, -0.15) is 0 Å². The molecule has 0 spiro atoms. The molecule has 0 radical (unpaired) electrons. The summed E-state index contributed by atoms with van der Waals surface area (Å²) in [6, 6.07) is 6.15. The molecule has 0 aromatic heterocycles. The molecule has 0 aliphatic heterocycles. The summed E-state index contributed by atoms with van der Waals surface area (Å²) in [6.07, 6.45) is 4.71. The summed E-state index contributed by atoms with van der Waals surface area (Å²) in [7, 11) is 1.55. The molecule has 0 heterocycles. The van der Waals surface area contributed by atoms with Crippen LogP contribution in [0.3, 0.4) is 0 Å². The van der Waals surface area contributed by atoms with Crippen LogP contribution in [0, 0.1) is 0 Å². The van der Waals surface area contributed by atoms with Crippen LogP contribution < -0.4 is 10.6 Å². The van der Waals surface area contributed by atoms with E-state index in [-0.39, 0.29) is 6.04 Å². The standard InChI is InChI=1S/C17H24N2O3/c1-12(19-17(21)16(20)18-9-10-22-2)14-8-7-13-5-3-4-6-15(13)11-14/h7-8,11-12H,3-6,9-10H2,1-2H3,(H,18,20)(H,19,21). The summed E-state index contributed by atoms with van der Waals surface area (Å²) in [6.45, 7) is 2.61. The zero-order valence-corrected chi connectivity index (χ0v) is 13.3. The molecule has 2 rings (SSSR count). The number of fused-ring (bicyclic) bond motifs is 1. The molecule has 2 N–H and O–H groups in total. The Morgan fingerprint density at radius 2 is 1.91 bits per heavy atom. The maximum atomic E-state index is 11.8. The highest BCUT2D eigenvalue weighted by Gasteiger charge is 2.18. The molecule has 0 saturated carbocycles. The normalized spacial score (nSPS) is 14.8. The third kappa shape index (κ3) is 4.31. The van der Waals surface area contributed by atoms with Crippen LogP contribution in [0.25, 0.3) is 0 Å². The van der Waals surface area contributed by atoms with Crippen molar-refractivity contribution >= 4 is 11.8 Å². The SMILES string of the molecule is COCCNC(=O)C(=O)NC(C)c1ccc2c(c1)CCCC2. The fourth-order valence-corrected chi connectivity index (χ4v) is 2.72. The van der Waals surface area contributed by atoms with Crippen molar-refractivity contribution in [3.8, 4) is 0 Å². The van der Waals surface area contributed by atoms with Crippen molar-refractivity contribution < 1.29 is 14.3 Å². The smallest absolute Gasteiger partial charge is 0.309 e. The second-order valence-corrected chi connectivity index (χ2v) is 5.68. The molecule has 1 atom stereocenters. The average molecular weight is 304 g/mol. The molecule has 0 fully saturated rings. The number of nitrogens with one attached hydrogen (secondary N) is 2. The van der Waals surface area contributed by atoms with Crippen LogP contribution >= 0.6 is 0 Å². The Bertz CT molecular complexity index is 543. The van der Waals surface area contributed by atoms with Gasteiger partial charge in [0.05, 0.1) is 12.6 Å². The van der Waals surface area contributed by atoms with Gasteiger partial charge in [-0.15, -0.1) is 0 Å². The highest BCUT2D eigenvalue weighted by molar-refractivity contribution is 6.35. The van der Waals surface area contributed by atoms with E-state index < -0.39 is 11.8 Å². The summed E-state index contributed by atoms with van der Waals surface area (Å²) >= 11 is 0. The summed E-state index contributed by atoms with van der Waals surface area (Å²) in [4.78, 5) is 23.5. The topological polar surface area (TPSA) is 67.4 Å². The third-order valence-corrected chi connectivity index (χ3v) is 4.02. The first-order valence-electron chi connectivity index (χ1n) is 7.81. The first-order valence-corrected chi connectivity index (χ1v) is 7.81. The Balaban J connectivity index is 1.92. The maximum Gasteiger partial charge on any atom is 0.309 e. The fourth-order valence-electron chi connectivity index (χ4n) is 2.72. The van der Waals surface area contributed by atoms with Crippen LogP contribution in [0.4, 0.5) is 0 Å². The lowest BCUT2D eigenvalue weighted by Gasteiger charge is -2.20. The molecule has 5 nitrogen and oxygen atoms in total. The monoisotopic (exact) mass is 304 g/mol. The van der Waals surface area contributed by atoms with Gasteiger partial charge >= 0.3 is 11.8 Å². The van der Waals surface area contributed by atoms with Crippen LogP contribution in [0.2, 0.25) is 0 Å². The van der Waals surface area contributed by atoms with Gasteiger partial charge in [0.15, 0.2) is 0 Å². The molecule has 1 aliphatic rings. The van der Waals surface area contributed by atoms with Crippen molar-refractivity contribution in [3.05, 3.63) is 34.9 Å². The van der Waals surface area contributed by atoms with Gasteiger partial charge in [0.1, 0.15) is 0 Å². The Labute approximate surface area is 131 Å². The molecule has 1 aliphatic carbocycles. The van der Waals surface area contributed by atoms with Crippen molar-refractivity contribution in [2.24, 2.45) is 0 Å². The molecule has 1 aromatic rings. The molecule has 1 aromatic carbocycles. The molecule has 22 heavy (non-hydrogen) atoms. The summed E-state index contributed by atoms with van der Waals surface area (Å²) < 4.78 is 4.83. The van der Waals surface area contributed by atoms with Crippen molar-refractivity contribution in [1.82, 2.24) is 10.6 Å². The molecule has 0 saturated heterocycles. The fraction of sp³-hybridized carbons (Fsp3) is 0.529. The van der Waals surface area contributed by atoms with Gasteiger partial charge in [-0.3, -0.25) is 9.59 Å². The predicted octanol–water partition coefficient (Wildman–Crippen LogP) is 1.51. The minimum absolute atomic E-state index is 0.187. The lowest BCUT2D eigenvalue weighted by atomic mass is 9.89. The number of carbonyl (C=O) groups is 2. The molecule has 1 unspecified atom stereocenters. The lowest BCUT2D eigenvalue weighted by molar-refractivity contribution is -0.139. The van der Waals surface area contributed by atoms with Gasteiger partial charge in [-0.25, -0.2) is 0 Å².